The van der Waals surface area contributed by atoms with Gasteiger partial charge in [0.2, 0.25) is 0 Å². The maximum Gasteiger partial charge on any atom is 0.123 e. The zero-order chi connectivity index (χ0) is 13.4. The van der Waals surface area contributed by atoms with E-state index < -0.39 is 6.10 Å². The minimum atomic E-state index is -0.399. The summed E-state index contributed by atoms with van der Waals surface area (Å²) in [4.78, 5) is 0. The molecule has 1 nitrogen and oxygen atoms in total. The Morgan fingerprint density at radius 2 is 2.16 bits per heavy atom. The molecular weight excluding hydrogens is 263 g/mol. The molecule has 3 heteroatoms. The summed E-state index contributed by atoms with van der Waals surface area (Å²) in [5.74, 6) is 2.11. The van der Waals surface area contributed by atoms with E-state index in [1.54, 1.807) is 6.07 Å². The Kier molecular flexibility index (Phi) is 3.81. The van der Waals surface area contributed by atoms with Gasteiger partial charge in [-0.25, -0.2) is 4.39 Å². The molecule has 2 fully saturated rings. The predicted molar refractivity (Wildman–Crippen MR) is 74.7 cm³/mol. The van der Waals surface area contributed by atoms with E-state index in [-0.39, 0.29) is 5.82 Å². The summed E-state index contributed by atoms with van der Waals surface area (Å²) in [5.41, 5.74) is 0.720. The number of hydrogen-bond acceptors (Lipinski definition) is 1. The Morgan fingerprint density at radius 1 is 1.32 bits per heavy atom. The van der Waals surface area contributed by atoms with Crippen molar-refractivity contribution in [2.24, 2.45) is 17.8 Å². The van der Waals surface area contributed by atoms with Gasteiger partial charge in [0, 0.05) is 5.02 Å². The van der Waals surface area contributed by atoms with Gasteiger partial charge in [-0.05, 0) is 73.6 Å². The van der Waals surface area contributed by atoms with Crippen molar-refractivity contribution >= 4 is 11.6 Å². The highest BCUT2D eigenvalue weighted by Crippen LogP contribution is 2.50. The van der Waals surface area contributed by atoms with E-state index in [1.807, 2.05) is 0 Å². The highest BCUT2D eigenvalue weighted by atomic mass is 35.5. The molecule has 1 aromatic carbocycles. The van der Waals surface area contributed by atoms with Crippen LogP contribution >= 0.6 is 11.6 Å². The molecule has 1 aromatic rings. The van der Waals surface area contributed by atoms with Crippen molar-refractivity contribution in [3.8, 4) is 0 Å². The van der Waals surface area contributed by atoms with Crippen LogP contribution in [0.1, 0.15) is 37.7 Å². The van der Waals surface area contributed by atoms with Crippen molar-refractivity contribution in [1.29, 1.82) is 0 Å². The highest BCUT2D eigenvalue weighted by molar-refractivity contribution is 6.31. The molecule has 0 aliphatic heterocycles. The highest BCUT2D eigenvalue weighted by Gasteiger charge is 2.39. The van der Waals surface area contributed by atoms with Gasteiger partial charge in [0.15, 0.2) is 0 Å². The first-order valence-corrected chi connectivity index (χ1v) is 7.61. The number of hydrogen-bond donors (Lipinski definition) is 1. The average molecular weight is 283 g/mol. The van der Waals surface area contributed by atoms with Gasteiger partial charge < -0.3 is 5.11 Å². The molecule has 2 bridgehead atoms. The molecule has 104 valence electrons. The third kappa shape index (κ3) is 2.95. The van der Waals surface area contributed by atoms with Crippen LogP contribution in [0.5, 0.6) is 0 Å². The first kappa shape index (κ1) is 13.4. The molecule has 0 heterocycles. The topological polar surface area (TPSA) is 20.2 Å². The number of fused-ring (bicyclic) bond motifs is 2. The van der Waals surface area contributed by atoms with Crippen LogP contribution < -0.4 is 0 Å². The molecule has 1 N–H and O–H groups in total. The minimum absolute atomic E-state index is 0.286. The van der Waals surface area contributed by atoms with Crippen LogP contribution in [0.2, 0.25) is 5.02 Å². The fourth-order valence-electron chi connectivity index (χ4n) is 4.05. The van der Waals surface area contributed by atoms with Crippen molar-refractivity contribution in [3.63, 3.8) is 0 Å². The van der Waals surface area contributed by atoms with Crippen molar-refractivity contribution in [1.82, 2.24) is 0 Å². The minimum Gasteiger partial charge on any atom is -0.393 e. The third-order valence-corrected chi connectivity index (χ3v) is 5.29. The summed E-state index contributed by atoms with van der Waals surface area (Å²) in [6.07, 6.45) is 6.26. The molecule has 0 aromatic heterocycles. The molecular formula is C16H20ClFO. The summed E-state index contributed by atoms with van der Waals surface area (Å²) in [7, 11) is 0. The molecule has 2 aliphatic carbocycles. The number of aliphatic hydroxyl groups is 1. The average Bonchev–Trinajstić information content (AvgIpc) is 2.96. The van der Waals surface area contributed by atoms with E-state index in [9.17, 15) is 9.50 Å². The monoisotopic (exact) mass is 282 g/mol. The number of halogens is 2. The number of aliphatic hydroxyl groups excluding tert-OH is 1. The summed E-state index contributed by atoms with van der Waals surface area (Å²) in [5, 5.41) is 10.8. The molecule has 4 unspecified atom stereocenters. The molecule has 3 rings (SSSR count). The quantitative estimate of drug-likeness (QED) is 0.877. The maximum absolute atomic E-state index is 13.2. The summed E-state index contributed by atoms with van der Waals surface area (Å²) < 4.78 is 13.2. The lowest BCUT2D eigenvalue weighted by Gasteiger charge is -2.24. The molecule has 2 saturated carbocycles. The van der Waals surface area contributed by atoms with Crippen molar-refractivity contribution in [2.75, 3.05) is 0 Å². The third-order valence-electron chi connectivity index (χ3n) is 4.92. The smallest absolute Gasteiger partial charge is 0.123 e. The van der Waals surface area contributed by atoms with Crippen LogP contribution in [0.4, 0.5) is 4.39 Å². The second-order valence-electron chi connectivity index (χ2n) is 6.26. The van der Waals surface area contributed by atoms with Gasteiger partial charge in [0.05, 0.1) is 6.10 Å². The van der Waals surface area contributed by atoms with E-state index in [0.717, 1.165) is 23.8 Å². The standard InChI is InChI=1S/C16H20ClFO/c17-16-4-3-14(18)7-13(16)9-15(19)8-12-6-10-1-2-11(12)5-10/h3-4,7,10-12,15,19H,1-2,5-6,8-9H2. The van der Waals surface area contributed by atoms with E-state index in [4.69, 9.17) is 11.6 Å². The van der Waals surface area contributed by atoms with Crippen LogP contribution in [0, 0.1) is 23.6 Å². The molecule has 0 amide bonds. The molecule has 2 aliphatic rings. The molecule has 0 radical (unpaired) electrons. The van der Waals surface area contributed by atoms with Gasteiger partial charge in [-0.15, -0.1) is 0 Å². The van der Waals surface area contributed by atoms with Gasteiger partial charge in [0.25, 0.3) is 0 Å². The first-order chi connectivity index (χ1) is 9.11. The Balaban J connectivity index is 1.59. The lowest BCUT2D eigenvalue weighted by molar-refractivity contribution is 0.124. The summed E-state index contributed by atoms with van der Waals surface area (Å²) in [6.45, 7) is 0. The molecule has 4 atom stereocenters. The lowest BCUT2D eigenvalue weighted by Crippen LogP contribution is -2.20. The van der Waals surface area contributed by atoms with Crippen molar-refractivity contribution in [2.45, 2.75) is 44.6 Å². The Labute approximate surface area is 118 Å². The van der Waals surface area contributed by atoms with E-state index >= 15 is 0 Å². The van der Waals surface area contributed by atoms with Crippen LogP contribution in [-0.2, 0) is 6.42 Å². The SMILES string of the molecule is OC(Cc1cc(F)ccc1Cl)CC1CC2CCC1C2. The fourth-order valence-corrected chi connectivity index (χ4v) is 4.25. The first-order valence-electron chi connectivity index (χ1n) is 7.24. The van der Waals surface area contributed by atoms with Gasteiger partial charge in [0.1, 0.15) is 5.82 Å². The fraction of sp³-hybridized carbons (Fsp3) is 0.625. The van der Waals surface area contributed by atoms with Gasteiger partial charge in [-0.3, -0.25) is 0 Å². The van der Waals surface area contributed by atoms with Crippen LogP contribution in [-0.4, -0.2) is 11.2 Å². The number of benzene rings is 1. The zero-order valence-electron chi connectivity index (χ0n) is 11.0. The largest absolute Gasteiger partial charge is 0.393 e. The second-order valence-corrected chi connectivity index (χ2v) is 6.67. The van der Waals surface area contributed by atoms with Gasteiger partial charge in [-0.1, -0.05) is 18.0 Å². The van der Waals surface area contributed by atoms with E-state index in [1.165, 1.54) is 37.8 Å². The van der Waals surface area contributed by atoms with Crippen LogP contribution in [0.15, 0.2) is 18.2 Å². The predicted octanol–water partition coefficient (Wildman–Crippen LogP) is 4.21. The number of rotatable bonds is 4. The molecule has 0 saturated heterocycles. The van der Waals surface area contributed by atoms with Gasteiger partial charge in [-0.2, -0.15) is 0 Å². The maximum atomic E-state index is 13.2. The Morgan fingerprint density at radius 3 is 2.84 bits per heavy atom. The van der Waals surface area contributed by atoms with Gasteiger partial charge >= 0.3 is 0 Å². The van der Waals surface area contributed by atoms with E-state index in [2.05, 4.69) is 0 Å². The Bertz CT molecular complexity index is 462. The van der Waals surface area contributed by atoms with Crippen LogP contribution in [0.25, 0.3) is 0 Å². The lowest BCUT2D eigenvalue weighted by atomic mass is 9.84. The van der Waals surface area contributed by atoms with Crippen molar-refractivity contribution < 1.29 is 9.50 Å². The van der Waals surface area contributed by atoms with Crippen molar-refractivity contribution in [3.05, 3.63) is 34.6 Å². The second kappa shape index (κ2) is 5.41. The molecule has 0 spiro atoms. The van der Waals surface area contributed by atoms with Crippen LogP contribution in [0.3, 0.4) is 0 Å². The van der Waals surface area contributed by atoms with E-state index in [0.29, 0.717) is 17.4 Å². The molecule has 19 heavy (non-hydrogen) atoms. The normalized spacial score (nSPS) is 30.8. The zero-order valence-corrected chi connectivity index (χ0v) is 11.7. The summed E-state index contributed by atoms with van der Waals surface area (Å²) >= 11 is 6.04. The summed E-state index contributed by atoms with van der Waals surface area (Å²) in [6, 6.07) is 4.36. The Hall–Kier alpha value is -0.600.